The van der Waals surface area contributed by atoms with Crippen LogP contribution in [-0.4, -0.2) is 44.3 Å². The monoisotopic (exact) mass is 300 g/mol. The van der Waals surface area contributed by atoms with E-state index in [0.717, 1.165) is 6.07 Å². The fraction of sp³-hybridized carbons (Fsp3) is 0.250. The Balaban J connectivity index is 3.26. The number of carbonyl (C=O) groups is 1. The van der Waals surface area contributed by atoms with Gasteiger partial charge in [0.25, 0.3) is 0 Å². The largest absolute Gasteiger partial charge is 0.478 e. The lowest BCUT2D eigenvalue weighted by Gasteiger charge is -2.13. The Bertz CT molecular complexity index is 598. The Morgan fingerprint density at radius 2 is 2.10 bits per heavy atom. The van der Waals surface area contributed by atoms with Gasteiger partial charge in [0.2, 0.25) is 10.0 Å². The van der Waals surface area contributed by atoms with Crippen molar-refractivity contribution in [3.05, 3.63) is 36.4 Å². The molecule has 7 nitrogen and oxygen atoms in total. The Labute approximate surface area is 117 Å². The molecule has 0 unspecified atom stereocenters. The van der Waals surface area contributed by atoms with Gasteiger partial charge in [-0.2, -0.15) is 0 Å². The van der Waals surface area contributed by atoms with Gasteiger partial charge in [0, 0.05) is 13.1 Å². The summed E-state index contributed by atoms with van der Waals surface area (Å²) in [5.74, 6) is -1.22. The first-order chi connectivity index (χ1) is 9.42. The standard InChI is InChI=1S/C12H16N2O5S/c1-2-5-14-20(18,19)11-8-9(12(16)17)3-4-10(11)13-6-7-15/h2-4,8,13-15H,1,5-7H2,(H,16,17). The molecule has 0 fully saturated rings. The number of carboxylic acid groups (broad SMARTS) is 1. The van der Waals surface area contributed by atoms with Gasteiger partial charge >= 0.3 is 5.97 Å². The SMILES string of the molecule is C=CCNS(=O)(=O)c1cc(C(=O)O)ccc1NCCO. The summed E-state index contributed by atoms with van der Waals surface area (Å²) in [6.07, 6.45) is 1.37. The minimum Gasteiger partial charge on any atom is -0.478 e. The summed E-state index contributed by atoms with van der Waals surface area (Å²) < 4.78 is 26.5. The van der Waals surface area contributed by atoms with Gasteiger partial charge < -0.3 is 15.5 Å². The number of aliphatic hydroxyl groups excluding tert-OH is 1. The number of sulfonamides is 1. The highest BCUT2D eigenvalue weighted by Crippen LogP contribution is 2.22. The van der Waals surface area contributed by atoms with Crippen LogP contribution in [0.5, 0.6) is 0 Å². The predicted octanol–water partition coefficient (Wildman–Crippen LogP) is 0.253. The van der Waals surface area contributed by atoms with Crippen LogP contribution in [0.15, 0.2) is 35.7 Å². The molecule has 0 aromatic heterocycles. The average Bonchev–Trinajstić information content (AvgIpc) is 2.42. The van der Waals surface area contributed by atoms with E-state index in [0.29, 0.717) is 0 Å². The van der Waals surface area contributed by atoms with Crippen LogP contribution in [0.25, 0.3) is 0 Å². The molecule has 4 N–H and O–H groups in total. The number of nitrogens with one attached hydrogen (secondary N) is 2. The highest BCUT2D eigenvalue weighted by atomic mass is 32.2. The molecule has 0 bridgehead atoms. The molecular formula is C12H16N2O5S. The van der Waals surface area contributed by atoms with Crippen molar-refractivity contribution in [1.82, 2.24) is 4.72 Å². The van der Waals surface area contributed by atoms with E-state index in [2.05, 4.69) is 16.6 Å². The molecule has 0 aliphatic rings. The van der Waals surface area contributed by atoms with Gasteiger partial charge in [-0.15, -0.1) is 6.58 Å². The number of rotatable bonds is 8. The van der Waals surface area contributed by atoms with Crippen molar-refractivity contribution in [3.63, 3.8) is 0 Å². The van der Waals surface area contributed by atoms with Crippen LogP contribution in [0.4, 0.5) is 5.69 Å². The van der Waals surface area contributed by atoms with Crippen molar-refractivity contribution in [2.24, 2.45) is 0 Å². The van der Waals surface area contributed by atoms with E-state index in [1.165, 1.54) is 18.2 Å². The highest BCUT2D eigenvalue weighted by molar-refractivity contribution is 7.89. The second kappa shape index (κ2) is 7.04. The second-order valence-corrected chi connectivity index (χ2v) is 5.54. The summed E-state index contributed by atoms with van der Waals surface area (Å²) in [5.41, 5.74) is 0.0825. The fourth-order valence-electron chi connectivity index (χ4n) is 1.46. The van der Waals surface area contributed by atoms with E-state index in [1.807, 2.05) is 0 Å². The molecule has 0 atom stereocenters. The topological polar surface area (TPSA) is 116 Å². The zero-order chi connectivity index (χ0) is 15.2. The van der Waals surface area contributed by atoms with E-state index in [1.54, 1.807) is 0 Å². The number of hydrogen-bond acceptors (Lipinski definition) is 5. The van der Waals surface area contributed by atoms with Crippen molar-refractivity contribution in [2.75, 3.05) is 25.0 Å². The molecule has 1 aromatic carbocycles. The van der Waals surface area contributed by atoms with Gasteiger partial charge in [0.05, 0.1) is 17.9 Å². The van der Waals surface area contributed by atoms with E-state index in [-0.39, 0.29) is 35.8 Å². The Hall–Kier alpha value is -1.90. The predicted molar refractivity (Wildman–Crippen MR) is 74.4 cm³/mol. The maximum atomic E-state index is 12.1. The summed E-state index contributed by atoms with van der Waals surface area (Å²) in [7, 11) is -3.87. The molecule has 8 heteroatoms. The first kappa shape index (κ1) is 16.2. The van der Waals surface area contributed by atoms with Crippen molar-refractivity contribution in [2.45, 2.75) is 4.90 Å². The van der Waals surface area contributed by atoms with Gasteiger partial charge in [0.15, 0.2) is 0 Å². The van der Waals surface area contributed by atoms with Gasteiger partial charge in [0.1, 0.15) is 4.90 Å². The molecule has 20 heavy (non-hydrogen) atoms. The van der Waals surface area contributed by atoms with Crippen LogP contribution in [0.2, 0.25) is 0 Å². The highest BCUT2D eigenvalue weighted by Gasteiger charge is 2.20. The van der Waals surface area contributed by atoms with Gasteiger partial charge in [-0.05, 0) is 18.2 Å². The summed E-state index contributed by atoms with van der Waals surface area (Å²) in [6, 6.07) is 3.70. The molecule has 0 saturated carbocycles. The third kappa shape index (κ3) is 4.05. The third-order valence-electron chi connectivity index (χ3n) is 2.36. The molecule has 0 aliphatic carbocycles. The molecular weight excluding hydrogens is 284 g/mol. The Morgan fingerprint density at radius 3 is 2.65 bits per heavy atom. The number of hydrogen-bond donors (Lipinski definition) is 4. The number of aromatic carboxylic acids is 1. The van der Waals surface area contributed by atoms with Crippen LogP contribution < -0.4 is 10.0 Å². The maximum Gasteiger partial charge on any atom is 0.335 e. The number of benzene rings is 1. The minimum atomic E-state index is -3.87. The van der Waals surface area contributed by atoms with E-state index in [9.17, 15) is 13.2 Å². The van der Waals surface area contributed by atoms with Crippen LogP contribution in [0.1, 0.15) is 10.4 Å². The third-order valence-corrected chi connectivity index (χ3v) is 3.83. The molecule has 0 heterocycles. The minimum absolute atomic E-state index is 0.0269. The van der Waals surface area contributed by atoms with Gasteiger partial charge in [-0.3, -0.25) is 0 Å². The lowest BCUT2D eigenvalue weighted by atomic mass is 10.2. The number of carboxylic acids is 1. The lowest BCUT2D eigenvalue weighted by Crippen LogP contribution is -2.25. The zero-order valence-electron chi connectivity index (χ0n) is 10.7. The smallest absolute Gasteiger partial charge is 0.335 e. The molecule has 1 rings (SSSR count). The quantitative estimate of drug-likeness (QED) is 0.512. The fourth-order valence-corrected chi connectivity index (χ4v) is 2.67. The van der Waals surface area contributed by atoms with E-state index in [4.69, 9.17) is 10.2 Å². The zero-order valence-corrected chi connectivity index (χ0v) is 11.5. The van der Waals surface area contributed by atoms with E-state index < -0.39 is 16.0 Å². The lowest BCUT2D eigenvalue weighted by molar-refractivity contribution is 0.0696. The molecule has 0 spiro atoms. The Kier molecular flexibility index (Phi) is 5.68. The first-order valence-corrected chi connectivity index (χ1v) is 7.23. The Morgan fingerprint density at radius 1 is 1.40 bits per heavy atom. The average molecular weight is 300 g/mol. The van der Waals surface area contributed by atoms with Crippen LogP contribution in [-0.2, 0) is 10.0 Å². The molecule has 0 aliphatic heterocycles. The van der Waals surface area contributed by atoms with Crippen molar-refractivity contribution in [3.8, 4) is 0 Å². The van der Waals surface area contributed by atoms with Crippen molar-refractivity contribution >= 4 is 21.7 Å². The van der Waals surface area contributed by atoms with Crippen molar-refractivity contribution in [1.29, 1.82) is 0 Å². The molecule has 1 aromatic rings. The van der Waals surface area contributed by atoms with Crippen LogP contribution >= 0.6 is 0 Å². The number of anilines is 1. The van der Waals surface area contributed by atoms with Gasteiger partial charge in [-0.1, -0.05) is 6.08 Å². The van der Waals surface area contributed by atoms with Crippen molar-refractivity contribution < 1.29 is 23.4 Å². The normalized spacial score (nSPS) is 11.1. The number of aliphatic hydroxyl groups is 1. The first-order valence-electron chi connectivity index (χ1n) is 5.75. The molecule has 110 valence electrons. The summed E-state index contributed by atoms with van der Waals surface area (Å²) >= 11 is 0. The van der Waals surface area contributed by atoms with Gasteiger partial charge in [-0.25, -0.2) is 17.9 Å². The van der Waals surface area contributed by atoms with Crippen LogP contribution in [0.3, 0.4) is 0 Å². The molecule has 0 radical (unpaired) electrons. The summed E-state index contributed by atoms with van der Waals surface area (Å²) in [5, 5.41) is 20.4. The summed E-state index contributed by atoms with van der Waals surface area (Å²) in [4.78, 5) is 10.7. The van der Waals surface area contributed by atoms with E-state index >= 15 is 0 Å². The second-order valence-electron chi connectivity index (χ2n) is 3.81. The maximum absolute atomic E-state index is 12.1. The van der Waals surface area contributed by atoms with Crippen LogP contribution in [0, 0.1) is 0 Å². The molecule has 0 amide bonds. The summed E-state index contributed by atoms with van der Waals surface area (Å²) in [6.45, 7) is 3.40. The molecule has 0 saturated heterocycles.